The Bertz CT molecular complexity index is 216. The van der Waals surface area contributed by atoms with Crippen LogP contribution >= 0.6 is 0 Å². The molecule has 1 aromatic carbocycles. The SMILES string of the molecule is C=CCCCNc1ccccc1. The van der Waals surface area contributed by atoms with Crippen LogP contribution in [-0.4, -0.2) is 6.54 Å². The van der Waals surface area contributed by atoms with E-state index in [2.05, 4.69) is 24.0 Å². The number of nitrogens with one attached hydrogen (secondary N) is 1. The van der Waals surface area contributed by atoms with Crippen molar-refractivity contribution in [2.45, 2.75) is 12.8 Å². The van der Waals surface area contributed by atoms with Crippen molar-refractivity contribution in [3.8, 4) is 0 Å². The normalized spacial score (nSPS) is 9.33. The Balaban J connectivity index is 2.20. The molecule has 0 fully saturated rings. The summed E-state index contributed by atoms with van der Waals surface area (Å²) in [5.74, 6) is 0. The number of hydrogen-bond donors (Lipinski definition) is 1. The van der Waals surface area contributed by atoms with Gasteiger partial charge in [0.25, 0.3) is 0 Å². The Morgan fingerprint density at radius 1 is 1.25 bits per heavy atom. The van der Waals surface area contributed by atoms with Crippen molar-refractivity contribution in [2.75, 3.05) is 11.9 Å². The van der Waals surface area contributed by atoms with Crippen molar-refractivity contribution < 1.29 is 0 Å². The van der Waals surface area contributed by atoms with E-state index in [0.29, 0.717) is 0 Å². The lowest BCUT2D eigenvalue weighted by atomic mass is 10.3. The van der Waals surface area contributed by atoms with Crippen LogP contribution in [-0.2, 0) is 0 Å². The topological polar surface area (TPSA) is 12.0 Å². The van der Waals surface area contributed by atoms with Crippen molar-refractivity contribution in [3.05, 3.63) is 43.0 Å². The van der Waals surface area contributed by atoms with Crippen LogP contribution in [0.4, 0.5) is 5.69 Å². The molecule has 0 saturated heterocycles. The molecule has 0 aliphatic carbocycles. The zero-order valence-electron chi connectivity index (χ0n) is 7.29. The third kappa shape index (κ3) is 3.24. The van der Waals surface area contributed by atoms with Crippen LogP contribution in [0.15, 0.2) is 43.0 Å². The lowest BCUT2D eigenvalue weighted by molar-refractivity contribution is 0.891. The van der Waals surface area contributed by atoms with Gasteiger partial charge in [-0.25, -0.2) is 0 Å². The Hall–Kier alpha value is -1.24. The van der Waals surface area contributed by atoms with Gasteiger partial charge in [0, 0.05) is 12.2 Å². The molecule has 0 bridgehead atoms. The molecule has 1 nitrogen and oxygen atoms in total. The summed E-state index contributed by atoms with van der Waals surface area (Å²) in [7, 11) is 0. The van der Waals surface area contributed by atoms with Crippen LogP contribution in [0.5, 0.6) is 0 Å². The van der Waals surface area contributed by atoms with Gasteiger partial charge in [-0.2, -0.15) is 0 Å². The van der Waals surface area contributed by atoms with Gasteiger partial charge in [-0.05, 0) is 25.0 Å². The molecule has 0 aliphatic rings. The fraction of sp³-hybridized carbons (Fsp3) is 0.273. The van der Waals surface area contributed by atoms with Crippen LogP contribution in [0, 0.1) is 0 Å². The minimum Gasteiger partial charge on any atom is -0.385 e. The van der Waals surface area contributed by atoms with Crippen LogP contribution < -0.4 is 5.32 Å². The largest absolute Gasteiger partial charge is 0.385 e. The predicted molar refractivity (Wildman–Crippen MR) is 54.4 cm³/mol. The molecule has 0 saturated carbocycles. The highest BCUT2D eigenvalue weighted by Gasteiger charge is 1.87. The molecule has 0 unspecified atom stereocenters. The molecule has 1 N–H and O–H groups in total. The van der Waals surface area contributed by atoms with E-state index >= 15 is 0 Å². The van der Waals surface area contributed by atoms with Crippen molar-refractivity contribution in [2.24, 2.45) is 0 Å². The van der Waals surface area contributed by atoms with Crippen molar-refractivity contribution in [1.82, 2.24) is 0 Å². The summed E-state index contributed by atoms with van der Waals surface area (Å²) in [5.41, 5.74) is 1.20. The third-order valence-electron chi connectivity index (χ3n) is 1.69. The van der Waals surface area contributed by atoms with Gasteiger partial charge < -0.3 is 5.32 Å². The summed E-state index contributed by atoms with van der Waals surface area (Å²) in [6, 6.07) is 10.3. The van der Waals surface area contributed by atoms with Crippen LogP contribution in [0.25, 0.3) is 0 Å². The molecule has 0 atom stereocenters. The minimum atomic E-state index is 1.02. The summed E-state index contributed by atoms with van der Waals surface area (Å²) in [6.45, 7) is 4.70. The Morgan fingerprint density at radius 2 is 2.00 bits per heavy atom. The summed E-state index contributed by atoms with van der Waals surface area (Å²) in [5, 5.41) is 3.33. The van der Waals surface area contributed by atoms with E-state index in [1.54, 1.807) is 0 Å². The number of unbranched alkanes of at least 4 members (excludes halogenated alkanes) is 1. The molecule has 0 aliphatic heterocycles. The third-order valence-corrected chi connectivity index (χ3v) is 1.69. The van der Waals surface area contributed by atoms with Crippen molar-refractivity contribution in [3.63, 3.8) is 0 Å². The smallest absolute Gasteiger partial charge is 0.0340 e. The molecule has 1 heteroatoms. The first kappa shape index (κ1) is 8.85. The molecule has 64 valence electrons. The maximum absolute atomic E-state index is 3.68. The van der Waals surface area contributed by atoms with E-state index in [9.17, 15) is 0 Å². The second kappa shape index (κ2) is 5.42. The van der Waals surface area contributed by atoms with Crippen molar-refractivity contribution >= 4 is 5.69 Å². The number of para-hydroxylation sites is 1. The molecular weight excluding hydrogens is 146 g/mol. The zero-order valence-corrected chi connectivity index (χ0v) is 7.29. The van der Waals surface area contributed by atoms with Gasteiger partial charge in [0.2, 0.25) is 0 Å². The number of allylic oxidation sites excluding steroid dienone is 1. The highest BCUT2D eigenvalue weighted by molar-refractivity contribution is 5.42. The summed E-state index contributed by atoms with van der Waals surface area (Å²) >= 11 is 0. The van der Waals surface area contributed by atoms with E-state index in [-0.39, 0.29) is 0 Å². The standard InChI is InChI=1S/C11H15N/c1-2-3-7-10-12-11-8-5-4-6-9-11/h2,4-6,8-9,12H,1,3,7,10H2. The predicted octanol–water partition coefficient (Wildman–Crippen LogP) is 3.06. The van der Waals surface area contributed by atoms with Crippen molar-refractivity contribution in [1.29, 1.82) is 0 Å². The number of anilines is 1. The van der Waals surface area contributed by atoms with Crippen LogP contribution in [0.3, 0.4) is 0 Å². The lowest BCUT2D eigenvalue weighted by Gasteiger charge is -2.03. The van der Waals surface area contributed by atoms with E-state index in [0.717, 1.165) is 19.4 Å². The van der Waals surface area contributed by atoms with Crippen LogP contribution in [0.1, 0.15) is 12.8 Å². The van der Waals surface area contributed by atoms with Gasteiger partial charge in [0.15, 0.2) is 0 Å². The van der Waals surface area contributed by atoms with E-state index in [4.69, 9.17) is 0 Å². The summed E-state index contributed by atoms with van der Waals surface area (Å²) in [4.78, 5) is 0. The zero-order chi connectivity index (χ0) is 8.65. The second-order valence-electron chi connectivity index (χ2n) is 2.72. The highest BCUT2D eigenvalue weighted by Crippen LogP contribution is 2.04. The average Bonchev–Trinajstić information content (AvgIpc) is 2.14. The van der Waals surface area contributed by atoms with Gasteiger partial charge in [-0.15, -0.1) is 6.58 Å². The fourth-order valence-electron chi connectivity index (χ4n) is 1.04. The first-order chi connectivity index (χ1) is 5.93. The quantitative estimate of drug-likeness (QED) is 0.517. The summed E-state index contributed by atoms with van der Waals surface area (Å²) in [6.07, 6.45) is 4.19. The average molecular weight is 161 g/mol. The fourth-order valence-corrected chi connectivity index (χ4v) is 1.04. The molecule has 1 rings (SSSR count). The Morgan fingerprint density at radius 3 is 2.67 bits per heavy atom. The van der Waals surface area contributed by atoms with Gasteiger partial charge in [-0.3, -0.25) is 0 Å². The molecule has 12 heavy (non-hydrogen) atoms. The Labute approximate surface area is 74.1 Å². The molecular formula is C11H15N. The first-order valence-electron chi connectivity index (χ1n) is 4.33. The monoisotopic (exact) mass is 161 g/mol. The number of hydrogen-bond acceptors (Lipinski definition) is 1. The molecule has 0 heterocycles. The maximum atomic E-state index is 3.68. The Kier molecular flexibility index (Phi) is 4.00. The molecule has 0 aromatic heterocycles. The van der Waals surface area contributed by atoms with Gasteiger partial charge in [0.05, 0.1) is 0 Å². The molecule has 0 radical (unpaired) electrons. The number of rotatable bonds is 5. The minimum absolute atomic E-state index is 1.02. The van der Waals surface area contributed by atoms with Gasteiger partial charge in [-0.1, -0.05) is 24.3 Å². The molecule has 1 aromatic rings. The second-order valence-corrected chi connectivity index (χ2v) is 2.72. The van der Waals surface area contributed by atoms with E-state index in [1.165, 1.54) is 5.69 Å². The van der Waals surface area contributed by atoms with E-state index in [1.807, 2.05) is 24.3 Å². The van der Waals surface area contributed by atoms with Gasteiger partial charge in [0.1, 0.15) is 0 Å². The highest BCUT2D eigenvalue weighted by atomic mass is 14.9. The lowest BCUT2D eigenvalue weighted by Crippen LogP contribution is -1.99. The van der Waals surface area contributed by atoms with Crippen LogP contribution in [0.2, 0.25) is 0 Å². The van der Waals surface area contributed by atoms with Gasteiger partial charge >= 0.3 is 0 Å². The summed E-state index contributed by atoms with van der Waals surface area (Å²) < 4.78 is 0. The number of benzene rings is 1. The molecule has 0 amide bonds. The molecule has 0 spiro atoms. The first-order valence-corrected chi connectivity index (χ1v) is 4.33. The maximum Gasteiger partial charge on any atom is 0.0340 e. The van der Waals surface area contributed by atoms with E-state index < -0.39 is 0 Å².